The Morgan fingerprint density at radius 2 is 2.30 bits per heavy atom. The molecule has 1 aromatic rings. The molecule has 0 amide bonds. The van der Waals surface area contributed by atoms with Gasteiger partial charge in [0.25, 0.3) is 0 Å². The molecule has 20 heavy (non-hydrogen) atoms. The van der Waals surface area contributed by atoms with Crippen LogP contribution >= 0.6 is 11.8 Å². The maximum atomic E-state index is 5.45. The van der Waals surface area contributed by atoms with Crippen molar-refractivity contribution in [3.8, 4) is 0 Å². The topological polar surface area (TPSA) is 46.8 Å². The van der Waals surface area contributed by atoms with Crippen molar-refractivity contribution in [2.24, 2.45) is 4.99 Å². The normalized spacial score (nSPS) is 24.9. The minimum Gasteiger partial charge on any atom is -0.469 e. The summed E-state index contributed by atoms with van der Waals surface area (Å²) in [6.45, 7) is 3.91. The Labute approximate surface area is 124 Å². The molecule has 0 aromatic carbocycles. The van der Waals surface area contributed by atoms with E-state index in [4.69, 9.17) is 14.1 Å². The lowest BCUT2D eigenvalue weighted by atomic mass is 9.93. The highest BCUT2D eigenvalue weighted by Crippen LogP contribution is 2.32. The van der Waals surface area contributed by atoms with Gasteiger partial charge in [-0.1, -0.05) is 11.8 Å². The van der Waals surface area contributed by atoms with Crippen LogP contribution in [0, 0.1) is 0 Å². The predicted molar refractivity (Wildman–Crippen MR) is 82.3 cm³/mol. The van der Waals surface area contributed by atoms with E-state index in [-0.39, 0.29) is 5.54 Å². The summed E-state index contributed by atoms with van der Waals surface area (Å²) >= 11 is 1.86. The van der Waals surface area contributed by atoms with Crippen molar-refractivity contribution < 1.29 is 9.15 Å². The molecular formula is C15H22N2O2S. The van der Waals surface area contributed by atoms with Crippen LogP contribution in [0.4, 0.5) is 0 Å². The number of rotatable bonds is 4. The van der Waals surface area contributed by atoms with Gasteiger partial charge in [0.15, 0.2) is 5.17 Å². The third-order valence-electron chi connectivity index (χ3n) is 4.03. The fraction of sp³-hybridized carbons (Fsp3) is 0.667. The number of hydrogen-bond acceptors (Lipinski definition) is 4. The summed E-state index contributed by atoms with van der Waals surface area (Å²) in [5.41, 5.74) is 0.239. The van der Waals surface area contributed by atoms with E-state index in [0.717, 1.165) is 55.6 Å². The van der Waals surface area contributed by atoms with Crippen LogP contribution < -0.4 is 5.32 Å². The number of aliphatic imine (C=N–C) groups is 1. The fourth-order valence-corrected chi connectivity index (χ4v) is 3.99. The molecule has 0 aliphatic carbocycles. The molecule has 1 atom stereocenters. The van der Waals surface area contributed by atoms with Crippen molar-refractivity contribution in [3.63, 3.8) is 0 Å². The molecular weight excluding hydrogens is 272 g/mol. The Morgan fingerprint density at radius 3 is 3.05 bits per heavy atom. The zero-order valence-corrected chi connectivity index (χ0v) is 12.7. The lowest BCUT2D eigenvalue weighted by Crippen LogP contribution is -2.48. The average molecular weight is 294 g/mol. The van der Waals surface area contributed by atoms with Crippen LogP contribution in [0.2, 0.25) is 0 Å². The van der Waals surface area contributed by atoms with Gasteiger partial charge in [-0.3, -0.25) is 4.99 Å². The van der Waals surface area contributed by atoms with Crippen molar-refractivity contribution in [1.29, 1.82) is 0 Å². The number of nitrogens with one attached hydrogen (secondary N) is 1. The van der Waals surface area contributed by atoms with E-state index in [1.165, 1.54) is 0 Å². The van der Waals surface area contributed by atoms with Gasteiger partial charge in [-0.25, -0.2) is 0 Å². The summed E-state index contributed by atoms with van der Waals surface area (Å²) in [5, 5.41) is 4.75. The summed E-state index contributed by atoms with van der Waals surface area (Å²) in [7, 11) is 0. The van der Waals surface area contributed by atoms with Gasteiger partial charge in [0.2, 0.25) is 0 Å². The third-order valence-corrected chi connectivity index (χ3v) is 5.21. The maximum Gasteiger partial charge on any atom is 0.157 e. The molecule has 4 nitrogen and oxygen atoms in total. The number of furan rings is 1. The highest BCUT2D eigenvalue weighted by molar-refractivity contribution is 8.14. The predicted octanol–water partition coefficient (Wildman–Crippen LogP) is 2.84. The SMILES string of the molecule is CC(CCc1ccco1)N=C1NC2(CCOCC2)CS1. The molecule has 3 rings (SSSR count). The summed E-state index contributed by atoms with van der Waals surface area (Å²) in [6.07, 6.45) is 5.90. The van der Waals surface area contributed by atoms with Crippen molar-refractivity contribution >= 4 is 16.9 Å². The molecule has 2 aliphatic rings. The second kappa shape index (κ2) is 6.22. The van der Waals surface area contributed by atoms with Gasteiger partial charge >= 0.3 is 0 Å². The van der Waals surface area contributed by atoms with Crippen LogP contribution in [0.3, 0.4) is 0 Å². The van der Waals surface area contributed by atoms with E-state index >= 15 is 0 Å². The molecule has 1 spiro atoms. The average Bonchev–Trinajstić information content (AvgIpc) is 3.08. The summed E-state index contributed by atoms with van der Waals surface area (Å²) in [4.78, 5) is 4.81. The van der Waals surface area contributed by atoms with Gasteiger partial charge in [-0.05, 0) is 38.3 Å². The van der Waals surface area contributed by atoms with E-state index in [9.17, 15) is 0 Å². The van der Waals surface area contributed by atoms with Gasteiger partial charge in [0.05, 0.1) is 17.8 Å². The molecule has 0 radical (unpaired) electrons. The Kier molecular flexibility index (Phi) is 4.36. The van der Waals surface area contributed by atoms with Crippen LogP contribution in [0.5, 0.6) is 0 Å². The summed E-state index contributed by atoms with van der Waals surface area (Å²) in [6, 6.07) is 4.29. The highest BCUT2D eigenvalue weighted by Gasteiger charge is 2.38. The zero-order chi connectivity index (χ0) is 13.8. The molecule has 1 aromatic heterocycles. The standard InChI is InChI=1S/C15H22N2O2S/c1-12(4-5-13-3-2-8-19-13)16-14-17-15(11-20-14)6-9-18-10-7-15/h2-3,8,12H,4-7,9-11H2,1H3,(H,16,17). The Hall–Kier alpha value is -0.940. The van der Waals surface area contributed by atoms with E-state index in [1.54, 1.807) is 6.26 Å². The molecule has 2 saturated heterocycles. The molecule has 0 bridgehead atoms. The molecule has 5 heteroatoms. The van der Waals surface area contributed by atoms with E-state index in [1.807, 2.05) is 23.9 Å². The molecule has 2 fully saturated rings. The van der Waals surface area contributed by atoms with Crippen molar-refractivity contribution in [2.45, 2.75) is 44.2 Å². The van der Waals surface area contributed by atoms with E-state index in [2.05, 4.69) is 12.2 Å². The Balaban J connectivity index is 1.51. The Bertz CT molecular complexity index is 452. The molecule has 2 aliphatic heterocycles. The van der Waals surface area contributed by atoms with Gasteiger partial charge in [-0.2, -0.15) is 0 Å². The molecule has 3 heterocycles. The van der Waals surface area contributed by atoms with Gasteiger partial charge < -0.3 is 14.5 Å². The molecule has 0 saturated carbocycles. The number of thioether (sulfide) groups is 1. The van der Waals surface area contributed by atoms with E-state index < -0.39 is 0 Å². The first-order valence-corrected chi connectivity index (χ1v) is 8.33. The van der Waals surface area contributed by atoms with Crippen molar-refractivity contribution in [3.05, 3.63) is 24.2 Å². The van der Waals surface area contributed by atoms with Crippen LogP contribution in [0.1, 0.15) is 31.9 Å². The van der Waals surface area contributed by atoms with Gasteiger partial charge in [0.1, 0.15) is 5.76 Å². The van der Waals surface area contributed by atoms with Crippen LogP contribution in [0.15, 0.2) is 27.8 Å². The quantitative estimate of drug-likeness (QED) is 0.927. The Morgan fingerprint density at radius 1 is 1.45 bits per heavy atom. The number of nitrogens with zero attached hydrogens (tertiary/aromatic N) is 1. The van der Waals surface area contributed by atoms with E-state index in [0.29, 0.717) is 6.04 Å². The molecule has 1 unspecified atom stereocenters. The van der Waals surface area contributed by atoms with Crippen LogP contribution in [-0.2, 0) is 11.2 Å². The minimum absolute atomic E-state index is 0.239. The fourth-order valence-electron chi connectivity index (χ4n) is 2.68. The van der Waals surface area contributed by atoms with Gasteiger partial charge in [0, 0.05) is 25.4 Å². The van der Waals surface area contributed by atoms with Crippen molar-refractivity contribution in [1.82, 2.24) is 5.32 Å². The lowest BCUT2D eigenvalue weighted by molar-refractivity contribution is 0.0555. The first-order valence-electron chi connectivity index (χ1n) is 7.35. The first kappa shape index (κ1) is 14.0. The van der Waals surface area contributed by atoms with Crippen molar-refractivity contribution in [2.75, 3.05) is 19.0 Å². The summed E-state index contributed by atoms with van der Waals surface area (Å²) < 4.78 is 10.8. The lowest BCUT2D eigenvalue weighted by Gasteiger charge is -2.32. The van der Waals surface area contributed by atoms with Crippen LogP contribution in [0.25, 0.3) is 0 Å². The smallest absolute Gasteiger partial charge is 0.157 e. The summed E-state index contributed by atoms with van der Waals surface area (Å²) in [5.74, 6) is 2.17. The first-order chi connectivity index (χ1) is 9.76. The number of aryl methyl sites for hydroxylation is 1. The molecule has 110 valence electrons. The number of amidine groups is 1. The maximum absolute atomic E-state index is 5.45. The number of ether oxygens (including phenoxy) is 1. The molecule has 1 N–H and O–H groups in total. The largest absolute Gasteiger partial charge is 0.469 e. The zero-order valence-electron chi connectivity index (χ0n) is 11.9. The van der Waals surface area contributed by atoms with Gasteiger partial charge in [-0.15, -0.1) is 0 Å². The minimum atomic E-state index is 0.239. The highest BCUT2D eigenvalue weighted by atomic mass is 32.2. The number of hydrogen-bond donors (Lipinski definition) is 1. The third kappa shape index (κ3) is 3.38. The monoisotopic (exact) mass is 294 g/mol. The van der Waals surface area contributed by atoms with Crippen LogP contribution in [-0.4, -0.2) is 35.7 Å². The second-order valence-electron chi connectivity index (χ2n) is 5.71. The second-order valence-corrected chi connectivity index (χ2v) is 6.67.